The van der Waals surface area contributed by atoms with Crippen molar-refractivity contribution >= 4 is 17.5 Å². The molecule has 1 atom stereocenters. The van der Waals surface area contributed by atoms with Crippen molar-refractivity contribution in [2.45, 2.75) is 44.9 Å². The number of carbonyl (C=O) groups is 1. The molecule has 1 fully saturated rings. The van der Waals surface area contributed by atoms with E-state index in [-0.39, 0.29) is 21.1 Å². The summed E-state index contributed by atoms with van der Waals surface area (Å²) < 4.78 is 0. The Kier molecular flexibility index (Phi) is 1.74. The van der Waals surface area contributed by atoms with Crippen LogP contribution >= 0.6 is 11.8 Å². The van der Waals surface area contributed by atoms with Crippen LogP contribution in [0.5, 0.6) is 0 Å². The van der Waals surface area contributed by atoms with Crippen molar-refractivity contribution in [1.82, 2.24) is 0 Å². The van der Waals surface area contributed by atoms with E-state index in [4.69, 9.17) is 0 Å². The van der Waals surface area contributed by atoms with Gasteiger partial charge in [-0.2, -0.15) is 10.2 Å². The first-order valence-corrected chi connectivity index (χ1v) is 5.78. The maximum Gasteiger partial charge on any atom is 0.152 e. The molecule has 0 aromatic rings. The quantitative estimate of drug-likeness (QED) is 0.619. The highest BCUT2D eigenvalue weighted by Crippen LogP contribution is 2.69. The fourth-order valence-corrected chi connectivity index (χ4v) is 4.27. The van der Waals surface area contributed by atoms with Crippen molar-refractivity contribution in [2.24, 2.45) is 21.1 Å². The normalized spacial score (nSPS) is 36.1. The van der Waals surface area contributed by atoms with Crippen LogP contribution in [0.4, 0.5) is 0 Å². The van der Waals surface area contributed by atoms with Crippen LogP contribution in [-0.2, 0) is 4.79 Å². The second-order valence-corrected chi connectivity index (χ2v) is 6.66. The SMILES string of the molecule is CC1N=NC2(S1)C(C)(C)C(=O)C2(C)C. The maximum absolute atomic E-state index is 12.0. The van der Waals surface area contributed by atoms with Crippen molar-refractivity contribution in [1.29, 1.82) is 0 Å². The Bertz CT molecular complexity index is 315. The van der Waals surface area contributed by atoms with Crippen LogP contribution in [0, 0.1) is 10.8 Å². The number of hydrogen-bond acceptors (Lipinski definition) is 4. The Morgan fingerprint density at radius 1 is 1.21 bits per heavy atom. The van der Waals surface area contributed by atoms with E-state index in [9.17, 15) is 4.79 Å². The first kappa shape index (κ1) is 10.1. The van der Waals surface area contributed by atoms with Gasteiger partial charge in [-0.05, 0) is 34.6 Å². The smallest absolute Gasteiger partial charge is 0.152 e. The minimum Gasteiger partial charge on any atom is -0.298 e. The molecule has 2 rings (SSSR count). The Labute approximate surface area is 88.7 Å². The summed E-state index contributed by atoms with van der Waals surface area (Å²) in [4.78, 5) is 11.6. The van der Waals surface area contributed by atoms with Gasteiger partial charge in [0, 0.05) is 0 Å². The van der Waals surface area contributed by atoms with Crippen LogP contribution in [0.1, 0.15) is 34.6 Å². The number of carbonyl (C=O) groups excluding carboxylic acids is 1. The van der Waals surface area contributed by atoms with Gasteiger partial charge in [0.1, 0.15) is 5.37 Å². The van der Waals surface area contributed by atoms with Gasteiger partial charge in [0.25, 0.3) is 0 Å². The Morgan fingerprint density at radius 2 is 1.71 bits per heavy atom. The fourth-order valence-electron chi connectivity index (χ4n) is 2.81. The lowest BCUT2D eigenvalue weighted by Gasteiger charge is -2.59. The van der Waals surface area contributed by atoms with Crippen molar-refractivity contribution in [3.63, 3.8) is 0 Å². The minimum atomic E-state index is -0.366. The monoisotopic (exact) mass is 212 g/mol. The summed E-state index contributed by atoms with van der Waals surface area (Å²) in [6, 6.07) is 0. The zero-order chi connectivity index (χ0) is 10.8. The summed E-state index contributed by atoms with van der Waals surface area (Å²) in [7, 11) is 0. The van der Waals surface area contributed by atoms with E-state index in [2.05, 4.69) is 10.2 Å². The van der Waals surface area contributed by atoms with E-state index < -0.39 is 0 Å². The number of azo groups is 1. The molecule has 0 saturated heterocycles. The topological polar surface area (TPSA) is 41.8 Å². The van der Waals surface area contributed by atoms with Crippen LogP contribution in [0.3, 0.4) is 0 Å². The first-order valence-electron chi connectivity index (χ1n) is 4.90. The molecule has 2 aliphatic rings. The van der Waals surface area contributed by atoms with Gasteiger partial charge in [-0.3, -0.25) is 4.79 Å². The first-order chi connectivity index (χ1) is 6.26. The number of hydrogen-bond donors (Lipinski definition) is 0. The molecular formula is C10H16N2OS. The Morgan fingerprint density at radius 3 is 2.07 bits per heavy atom. The van der Waals surface area contributed by atoms with Gasteiger partial charge in [0.05, 0.1) is 10.8 Å². The fraction of sp³-hybridized carbons (Fsp3) is 0.900. The molecule has 1 aliphatic heterocycles. The molecule has 0 N–H and O–H groups in total. The Balaban J connectivity index is 2.46. The predicted molar refractivity (Wildman–Crippen MR) is 57.2 cm³/mol. The predicted octanol–water partition coefficient (Wildman–Crippen LogP) is 2.86. The molecule has 0 amide bonds. The molecular weight excluding hydrogens is 196 g/mol. The van der Waals surface area contributed by atoms with Crippen LogP contribution < -0.4 is 0 Å². The van der Waals surface area contributed by atoms with E-state index in [1.165, 1.54) is 0 Å². The summed E-state index contributed by atoms with van der Waals surface area (Å²) >= 11 is 1.72. The minimum absolute atomic E-state index is 0.182. The van der Waals surface area contributed by atoms with Gasteiger partial charge in [-0.25, -0.2) is 0 Å². The molecule has 1 heterocycles. The molecule has 1 spiro atoms. The number of ketones is 1. The number of nitrogens with zero attached hydrogens (tertiary/aromatic N) is 2. The van der Waals surface area contributed by atoms with Gasteiger partial charge in [-0.1, -0.05) is 11.8 Å². The summed E-state index contributed by atoms with van der Waals surface area (Å²) in [6.45, 7) is 9.93. The van der Waals surface area contributed by atoms with Crippen LogP contribution in [0.2, 0.25) is 0 Å². The van der Waals surface area contributed by atoms with Gasteiger partial charge in [0.2, 0.25) is 0 Å². The van der Waals surface area contributed by atoms with Crippen LogP contribution in [0.15, 0.2) is 10.2 Å². The number of thioether (sulfide) groups is 1. The van der Waals surface area contributed by atoms with Crippen molar-refractivity contribution < 1.29 is 4.79 Å². The molecule has 78 valence electrons. The maximum atomic E-state index is 12.0. The zero-order valence-corrected chi connectivity index (χ0v) is 10.1. The highest BCUT2D eigenvalue weighted by Gasteiger charge is 2.75. The molecule has 0 aromatic heterocycles. The van der Waals surface area contributed by atoms with Crippen LogP contribution in [0.25, 0.3) is 0 Å². The highest BCUT2D eigenvalue weighted by atomic mass is 32.2. The average Bonchev–Trinajstić information content (AvgIpc) is 2.48. The second kappa shape index (κ2) is 2.40. The zero-order valence-electron chi connectivity index (χ0n) is 9.29. The molecule has 1 aliphatic carbocycles. The largest absolute Gasteiger partial charge is 0.298 e. The lowest BCUT2D eigenvalue weighted by molar-refractivity contribution is -0.159. The van der Waals surface area contributed by atoms with E-state index in [1.54, 1.807) is 11.8 Å². The van der Waals surface area contributed by atoms with E-state index in [1.807, 2.05) is 34.6 Å². The molecule has 0 radical (unpaired) electrons. The van der Waals surface area contributed by atoms with Crippen molar-refractivity contribution in [3.8, 4) is 0 Å². The number of Topliss-reactive ketones (excluding diaryl/α,β-unsaturated/α-hetero) is 1. The third-order valence-electron chi connectivity index (χ3n) is 3.53. The molecule has 14 heavy (non-hydrogen) atoms. The summed E-state index contributed by atoms with van der Waals surface area (Å²) in [5, 5.41) is 8.73. The highest BCUT2D eigenvalue weighted by molar-refractivity contribution is 8.01. The lowest BCUT2D eigenvalue weighted by atomic mass is 9.50. The van der Waals surface area contributed by atoms with Gasteiger partial charge in [0.15, 0.2) is 10.7 Å². The number of rotatable bonds is 0. The standard InChI is InChI=1S/C10H16N2OS/c1-6-11-12-10(14-6)8(2,3)7(13)9(10,4)5/h6H,1-5H3. The molecule has 1 saturated carbocycles. The average molecular weight is 212 g/mol. The lowest BCUT2D eigenvalue weighted by Crippen LogP contribution is -2.70. The molecule has 1 unspecified atom stereocenters. The summed E-state index contributed by atoms with van der Waals surface area (Å²) in [5.74, 6) is 0.297. The Hall–Kier alpha value is -0.380. The van der Waals surface area contributed by atoms with Crippen molar-refractivity contribution in [2.75, 3.05) is 0 Å². The summed E-state index contributed by atoms with van der Waals surface area (Å²) in [6.07, 6.45) is 0. The molecule has 3 nitrogen and oxygen atoms in total. The second-order valence-electron chi connectivity index (χ2n) is 5.16. The van der Waals surface area contributed by atoms with E-state index in [0.717, 1.165) is 0 Å². The van der Waals surface area contributed by atoms with Crippen LogP contribution in [-0.4, -0.2) is 16.0 Å². The van der Waals surface area contributed by atoms with Gasteiger partial charge < -0.3 is 0 Å². The van der Waals surface area contributed by atoms with Crippen molar-refractivity contribution in [3.05, 3.63) is 0 Å². The third-order valence-corrected chi connectivity index (χ3v) is 5.41. The van der Waals surface area contributed by atoms with Gasteiger partial charge >= 0.3 is 0 Å². The molecule has 4 heteroatoms. The third kappa shape index (κ3) is 0.794. The van der Waals surface area contributed by atoms with E-state index >= 15 is 0 Å². The molecule has 0 aromatic carbocycles. The van der Waals surface area contributed by atoms with Gasteiger partial charge in [-0.15, -0.1) is 0 Å². The van der Waals surface area contributed by atoms with E-state index in [0.29, 0.717) is 5.78 Å². The molecule has 0 bridgehead atoms. The summed E-state index contributed by atoms with van der Waals surface area (Å²) in [5.41, 5.74) is -0.731.